The molecule has 2 heterocycles. The number of hydrogen-bond donors (Lipinski definition) is 0. The van der Waals surface area contributed by atoms with Gasteiger partial charge in [0.2, 0.25) is 0 Å². The number of carbonyl (C=O) groups excluding carboxylic acids is 4. The zero-order chi connectivity index (χ0) is 20.1. The number of carbonyl (C=O) groups is 4. The summed E-state index contributed by atoms with van der Waals surface area (Å²) in [7, 11) is 4.85. The Morgan fingerprint density at radius 2 is 1.26 bits per heavy atom. The van der Waals surface area contributed by atoms with Crippen LogP contribution in [-0.2, 0) is 28.5 Å². The van der Waals surface area contributed by atoms with E-state index in [1.54, 1.807) is 6.08 Å². The summed E-state index contributed by atoms with van der Waals surface area (Å²) in [5, 5.41) is 0. The molecule has 0 amide bonds. The van der Waals surface area contributed by atoms with Crippen molar-refractivity contribution in [2.24, 2.45) is 0 Å². The first-order chi connectivity index (χ1) is 12.9. The summed E-state index contributed by atoms with van der Waals surface area (Å²) in [6.45, 7) is 0. The topological polar surface area (TPSA) is 105 Å². The highest BCUT2D eigenvalue weighted by atomic mass is 32.2. The van der Waals surface area contributed by atoms with Gasteiger partial charge in [-0.15, -0.1) is 0 Å². The van der Waals surface area contributed by atoms with Gasteiger partial charge in [-0.25, -0.2) is 19.2 Å². The quantitative estimate of drug-likeness (QED) is 0.378. The highest BCUT2D eigenvalue weighted by Gasteiger charge is 2.36. The molecule has 27 heavy (non-hydrogen) atoms. The molecule has 0 unspecified atom stereocenters. The van der Waals surface area contributed by atoms with Gasteiger partial charge in [0.25, 0.3) is 13.9 Å². The van der Waals surface area contributed by atoms with E-state index >= 15 is 0 Å². The Kier molecular flexibility index (Phi) is 7.41. The Hall–Kier alpha value is -1.89. The molecule has 8 nitrogen and oxygen atoms in total. The third kappa shape index (κ3) is 4.69. The summed E-state index contributed by atoms with van der Waals surface area (Å²) in [4.78, 5) is 48.0. The van der Waals surface area contributed by atoms with E-state index in [4.69, 9.17) is 0 Å². The molecule has 0 radical (unpaired) electrons. The van der Waals surface area contributed by atoms with Gasteiger partial charge in [0.05, 0.1) is 32.7 Å². The second kappa shape index (κ2) is 9.35. The summed E-state index contributed by atoms with van der Waals surface area (Å²) < 4.78 is 19.9. The van der Waals surface area contributed by atoms with Crippen LogP contribution in [0.25, 0.3) is 6.08 Å². The third-order valence-corrected chi connectivity index (χ3v) is 7.78. The Bertz CT molecular complexity index is 804. The van der Waals surface area contributed by atoms with Gasteiger partial charge in [0.15, 0.2) is 0 Å². The Labute approximate surface area is 170 Å². The lowest BCUT2D eigenvalue weighted by atomic mass is 10.4. The first-order valence-electron chi connectivity index (χ1n) is 6.98. The van der Waals surface area contributed by atoms with E-state index in [0.29, 0.717) is 8.43 Å². The Balaban J connectivity index is 2.39. The van der Waals surface area contributed by atoms with Gasteiger partial charge in [-0.05, 0) is 0 Å². The van der Waals surface area contributed by atoms with E-state index in [0.717, 1.165) is 46.2 Å². The van der Waals surface area contributed by atoms with Gasteiger partial charge >= 0.3 is 23.9 Å². The molecule has 144 valence electrons. The van der Waals surface area contributed by atoms with Crippen LogP contribution in [0, 0.1) is 0 Å². The van der Waals surface area contributed by atoms with Crippen LogP contribution in [0.1, 0.15) is 23.5 Å². The van der Waals surface area contributed by atoms with Crippen molar-refractivity contribution in [3.63, 3.8) is 0 Å². The normalized spacial score (nSPS) is 13.3. The summed E-state index contributed by atoms with van der Waals surface area (Å²) in [6.07, 6.45) is 1.66. The number of esters is 4. The lowest BCUT2D eigenvalue weighted by molar-refractivity contribution is -0.138. The predicted molar refractivity (Wildman–Crippen MR) is 103 cm³/mol. The lowest BCUT2D eigenvalue weighted by Gasteiger charge is -2.00. The number of thioether (sulfide) groups is 2. The van der Waals surface area contributed by atoms with Crippen LogP contribution in [0.3, 0.4) is 0 Å². The predicted octanol–water partition coefficient (Wildman–Crippen LogP) is 3.00. The lowest BCUT2D eigenvalue weighted by Crippen LogP contribution is -2.08. The van der Waals surface area contributed by atoms with Crippen LogP contribution in [0.15, 0.2) is 14.0 Å². The second-order valence-corrected chi connectivity index (χ2v) is 9.20. The first kappa shape index (κ1) is 21.4. The molecule has 12 heteroatoms. The average molecular weight is 450 g/mol. The van der Waals surface area contributed by atoms with E-state index in [1.165, 1.54) is 28.4 Å². The van der Waals surface area contributed by atoms with Crippen LogP contribution in [0.5, 0.6) is 0 Å². The summed E-state index contributed by atoms with van der Waals surface area (Å²) in [5.41, 5.74) is 0. The van der Waals surface area contributed by atoms with Crippen LogP contribution < -0.4 is 0 Å². The molecule has 1 aromatic rings. The monoisotopic (exact) mass is 449 g/mol. The molecular weight excluding hydrogens is 436 g/mol. The van der Waals surface area contributed by atoms with Gasteiger partial charge in [-0.1, -0.05) is 23.5 Å². The van der Waals surface area contributed by atoms with Crippen molar-refractivity contribution in [1.82, 2.24) is 0 Å². The van der Waals surface area contributed by atoms with Crippen LogP contribution >= 0.6 is 46.2 Å². The van der Waals surface area contributed by atoms with E-state index in [2.05, 4.69) is 18.9 Å². The molecule has 0 atom stereocenters. The molecule has 0 aliphatic carbocycles. The minimum absolute atomic E-state index is 0.114. The second-order valence-electron chi connectivity index (χ2n) is 4.47. The van der Waals surface area contributed by atoms with Gasteiger partial charge in [-0.3, -0.25) is 0 Å². The van der Waals surface area contributed by atoms with Gasteiger partial charge in [0.1, 0.15) is 32.5 Å². The van der Waals surface area contributed by atoms with E-state index < -0.39 is 23.9 Å². The van der Waals surface area contributed by atoms with E-state index in [-0.39, 0.29) is 19.6 Å². The van der Waals surface area contributed by atoms with Crippen molar-refractivity contribution in [3.05, 3.63) is 28.0 Å². The van der Waals surface area contributed by atoms with E-state index in [9.17, 15) is 19.2 Å². The Morgan fingerprint density at radius 1 is 0.778 bits per heavy atom. The van der Waals surface area contributed by atoms with Crippen LogP contribution in [0.4, 0.5) is 0 Å². The highest BCUT2D eigenvalue weighted by molar-refractivity contribution is 8.29. The fourth-order valence-corrected chi connectivity index (χ4v) is 6.77. The van der Waals surface area contributed by atoms with Crippen LogP contribution in [-0.4, -0.2) is 52.3 Å². The molecule has 1 aromatic heterocycles. The van der Waals surface area contributed by atoms with Crippen molar-refractivity contribution in [1.29, 1.82) is 0 Å². The molecule has 1 aliphatic heterocycles. The summed E-state index contributed by atoms with van der Waals surface area (Å²) in [6, 6.07) is 0. The maximum Gasteiger partial charge on any atom is 0.375 e. The maximum absolute atomic E-state index is 11.9. The maximum atomic E-state index is 11.9. The zero-order valence-corrected chi connectivity index (χ0v) is 17.7. The number of rotatable bonds is 5. The number of methoxy groups -OCH3 is 4. The number of ether oxygens (including phenoxy) is 4. The van der Waals surface area contributed by atoms with Gasteiger partial charge in [0, 0.05) is 6.08 Å². The number of hydrogen-bond acceptors (Lipinski definition) is 11. The molecule has 2 rings (SSSR count). The minimum Gasteiger partial charge on any atom is -0.465 e. The molecule has 0 saturated carbocycles. The fourth-order valence-electron chi connectivity index (χ4n) is 1.75. The zero-order valence-electron chi connectivity index (χ0n) is 14.5. The highest BCUT2D eigenvalue weighted by Crippen LogP contribution is 2.51. The SMILES string of the molecule is COC(=O)C1=C(C(=O)OC)SC(=Cc2sc(C(=O)OC)c(C(=O)OC)[s+]2)S1. The Morgan fingerprint density at radius 3 is 1.70 bits per heavy atom. The van der Waals surface area contributed by atoms with Crippen molar-refractivity contribution >= 4 is 76.2 Å². The smallest absolute Gasteiger partial charge is 0.375 e. The molecule has 0 aromatic carbocycles. The fraction of sp³-hybridized carbons (Fsp3) is 0.267. The molecule has 0 N–H and O–H groups in total. The molecular formula is C15H13O8S4+. The summed E-state index contributed by atoms with van der Waals surface area (Å²) >= 11 is 4.17. The third-order valence-electron chi connectivity index (χ3n) is 2.94. The molecule has 0 fully saturated rings. The molecule has 1 aliphatic rings. The summed E-state index contributed by atoms with van der Waals surface area (Å²) in [5.74, 6) is -2.62. The van der Waals surface area contributed by atoms with Gasteiger partial charge in [-0.2, -0.15) is 0 Å². The largest absolute Gasteiger partial charge is 0.465 e. The first-order valence-corrected chi connectivity index (χ1v) is 10.2. The standard InChI is InChI=1S/C15H13O8S4/c1-20-12(16)8-9(13(17)21-2)25-6(24-8)5-7-26-10(14(18)22-3)11(27-7)15(19)23-4/h5H,1-4H3/q+1. The van der Waals surface area contributed by atoms with Gasteiger partial charge < -0.3 is 18.9 Å². The van der Waals surface area contributed by atoms with Crippen molar-refractivity contribution < 1.29 is 38.1 Å². The van der Waals surface area contributed by atoms with Crippen molar-refractivity contribution in [2.75, 3.05) is 28.4 Å². The minimum atomic E-state index is -0.656. The average Bonchev–Trinajstić information content (AvgIpc) is 3.30. The van der Waals surface area contributed by atoms with Crippen molar-refractivity contribution in [2.45, 2.75) is 0 Å². The van der Waals surface area contributed by atoms with Crippen LogP contribution in [0.2, 0.25) is 0 Å². The molecule has 0 saturated heterocycles. The van der Waals surface area contributed by atoms with E-state index in [1.807, 2.05) is 0 Å². The molecule has 0 bridgehead atoms. The van der Waals surface area contributed by atoms with Crippen molar-refractivity contribution in [3.8, 4) is 0 Å². The molecule has 0 spiro atoms.